The number of nitriles is 1. The number of hydrogen-bond acceptors (Lipinski definition) is 5. The molecule has 0 saturated carbocycles. The Morgan fingerprint density at radius 1 is 1.56 bits per heavy atom. The van der Waals surface area contributed by atoms with E-state index in [1.54, 1.807) is 12.1 Å². The molecule has 6 heteroatoms. The second-order valence-electron chi connectivity index (χ2n) is 3.55. The fourth-order valence-corrected chi connectivity index (χ4v) is 2.89. The number of anilines is 1. The van der Waals surface area contributed by atoms with Gasteiger partial charge in [0, 0.05) is 5.38 Å². The van der Waals surface area contributed by atoms with E-state index in [1.165, 1.54) is 11.3 Å². The Morgan fingerprint density at radius 3 is 2.89 bits per heavy atom. The van der Waals surface area contributed by atoms with E-state index in [0.717, 1.165) is 15.7 Å². The summed E-state index contributed by atoms with van der Waals surface area (Å²) in [5.74, 6) is 0.562. The number of hydrogen-bond donors (Lipinski definition) is 1. The normalized spacial score (nSPS) is 10.1. The summed E-state index contributed by atoms with van der Waals surface area (Å²) in [4.78, 5) is 4.32. The molecule has 0 saturated heterocycles. The van der Waals surface area contributed by atoms with E-state index in [0.29, 0.717) is 22.2 Å². The number of nitrogens with zero attached hydrogens (tertiary/aromatic N) is 2. The zero-order valence-electron chi connectivity index (χ0n) is 9.61. The Morgan fingerprint density at radius 2 is 2.33 bits per heavy atom. The van der Waals surface area contributed by atoms with E-state index in [2.05, 4.69) is 33.6 Å². The molecule has 0 aliphatic rings. The summed E-state index contributed by atoms with van der Waals surface area (Å²) < 4.78 is 6.49. The molecule has 0 spiro atoms. The molecule has 2 rings (SSSR count). The molecule has 0 atom stereocenters. The molecule has 92 valence electrons. The highest BCUT2D eigenvalue weighted by molar-refractivity contribution is 14.1. The summed E-state index contributed by atoms with van der Waals surface area (Å²) in [6.07, 6.45) is 0.875. The molecule has 1 heterocycles. The number of benzene rings is 1. The van der Waals surface area contributed by atoms with Gasteiger partial charge in [0.15, 0.2) is 5.75 Å². The maximum absolute atomic E-state index is 8.84. The molecule has 0 aliphatic heterocycles. The summed E-state index contributed by atoms with van der Waals surface area (Å²) in [6, 6.07) is 5.40. The molecule has 1 aromatic carbocycles. The molecule has 0 unspecified atom stereocenters. The average molecular weight is 371 g/mol. The molecule has 0 radical (unpaired) electrons. The first-order valence-electron chi connectivity index (χ1n) is 5.25. The van der Waals surface area contributed by atoms with Crippen molar-refractivity contribution in [2.45, 2.75) is 13.3 Å². The summed E-state index contributed by atoms with van der Waals surface area (Å²) >= 11 is 3.54. The zero-order chi connectivity index (χ0) is 13.1. The Balaban J connectivity index is 2.32. The minimum absolute atomic E-state index is 0.451. The standard InChI is InChI=1S/C12H10IN3OS/c1-2-8-6-18-12(16-8)17-11-9(13)3-7(5-14)4-10(11)15/h3-4,6H,2,15H2,1H3. The molecule has 1 aromatic heterocycles. The van der Waals surface area contributed by atoms with Crippen LogP contribution >= 0.6 is 33.9 Å². The molecule has 2 N–H and O–H groups in total. The number of rotatable bonds is 3. The van der Waals surface area contributed by atoms with Crippen LogP contribution in [0, 0.1) is 14.9 Å². The van der Waals surface area contributed by atoms with E-state index in [-0.39, 0.29) is 0 Å². The Hall–Kier alpha value is -1.33. The molecule has 18 heavy (non-hydrogen) atoms. The predicted molar refractivity (Wildman–Crippen MR) is 79.9 cm³/mol. The van der Waals surface area contributed by atoms with Gasteiger partial charge in [0.05, 0.1) is 26.6 Å². The topological polar surface area (TPSA) is 71.9 Å². The van der Waals surface area contributed by atoms with Crippen LogP contribution in [-0.4, -0.2) is 4.98 Å². The first-order valence-corrected chi connectivity index (χ1v) is 7.21. The number of aryl methyl sites for hydroxylation is 1. The number of nitrogen functional groups attached to an aromatic ring is 1. The van der Waals surface area contributed by atoms with Crippen LogP contribution in [0.25, 0.3) is 0 Å². The van der Waals surface area contributed by atoms with Crippen molar-refractivity contribution in [3.8, 4) is 17.0 Å². The van der Waals surface area contributed by atoms with Gasteiger partial charge in [-0.3, -0.25) is 0 Å². The number of thiazole rings is 1. The van der Waals surface area contributed by atoms with Crippen LogP contribution in [0.3, 0.4) is 0 Å². The van der Waals surface area contributed by atoms with E-state index in [1.807, 2.05) is 12.3 Å². The number of halogens is 1. The van der Waals surface area contributed by atoms with Crippen LogP contribution in [0.1, 0.15) is 18.2 Å². The number of nitrogens with two attached hydrogens (primary N) is 1. The Bertz CT molecular complexity index is 595. The van der Waals surface area contributed by atoms with Gasteiger partial charge in [-0.15, -0.1) is 0 Å². The third-order valence-corrected chi connectivity index (χ3v) is 3.85. The van der Waals surface area contributed by atoms with Crippen molar-refractivity contribution in [2.75, 3.05) is 5.73 Å². The highest BCUT2D eigenvalue weighted by Gasteiger charge is 2.11. The maximum atomic E-state index is 8.84. The van der Waals surface area contributed by atoms with Crippen LogP contribution in [0.4, 0.5) is 5.69 Å². The highest BCUT2D eigenvalue weighted by Crippen LogP contribution is 2.34. The summed E-state index contributed by atoms with van der Waals surface area (Å²) in [5.41, 5.74) is 7.85. The molecule has 4 nitrogen and oxygen atoms in total. The van der Waals surface area contributed by atoms with Crippen LogP contribution in [0.15, 0.2) is 17.5 Å². The molecule has 0 bridgehead atoms. The van der Waals surface area contributed by atoms with Crippen molar-refractivity contribution in [3.63, 3.8) is 0 Å². The zero-order valence-corrected chi connectivity index (χ0v) is 12.6. The number of ether oxygens (including phenoxy) is 1. The van der Waals surface area contributed by atoms with Gasteiger partial charge in [-0.05, 0) is 41.1 Å². The maximum Gasteiger partial charge on any atom is 0.279 e. The lowest BCUT2D eigenvalue weighted by molar-refractivity contribution is 0.476. The first kappa shape index (κ1) is 13.1. The van der Waals surface area contributed by atoms with Crippen molar-refractivity contribution >= 4 is 39.6 Å². The predicted octanol–water partition coefficient (Wildman–Crippen LogP) is 3.56. The van der Waals surface area contributed by atoms with Crippen LogP contribution < -0.4 is 10.5 Å². The van der Waals surface area contributed by atoms with Crippen molar-refractivity contribution in [3.05, 3.63) is 32.3 Å². The van der Waals surface area contributed by atoms with E-state index >= 15 is 0 Å². The highest BCUT2D eigenvalue weighted by atomic mass is 127. The quantitative estimate of drug-likeness (QED) is 0.662. The molecular formula is C12H10IN3OS. The fraction of sp³-hybridized carbons (Fsp3) is 0.167. The second kappa shape index (κ2) is 5.54. The minimum atomic E-state index is 0.451. The summed E-state index contributed by atoms with van der Waals surface area (Å²) in [5, 5.41) is 11.4. The third-order valence-electron chi connectivity index (χ3n) is 2.28. The van der Waals surface area contributed by atoms with Crippen LogP contribution in [0.2, 0.25) is 0 Å². The van der Waals surface area contributed by atoms with Crippen LogP contribution in [0.5, 0.6) is 10.9 Å². The molecule has 0 fully saturated rings. The van der Waals surface area contributed by atoms with Crippen molar-refractivity contribution in [2.24, 2.45) is 0 Å². The van der Waals surface area contributed by atoms with E-state index < -0.39 is 0 Å². The minimum Gasteiger partial charge on any atom is -0.428 e. The lowest BCUT2D eigenvalue weighted by Gasteiger charge is -2.08. The van der Waals surface area contributed by atoms with Gasteiger partial charge >= 0.3 is 0 Å². The summed E-state index contributed by atoms with van der Waals surface area (Å²) in [6.45, 7) is 2.04. The second-order valence-corrected chi connectivity index (χ2v) is 5.53. The lowest BCUT2D eigenvalue weighted by Crippen LogP contribution is -1.96. The van der Waals surface area contributed by atoms with Crippen LogP contribution in [-0.2, 0) is 6.42 Å². The molecule has 0 amide bonds. The van der Waals surface area contributed by atoms with Gasteiger partial charge in [-0.2, -0.15) is 5.26 Å². The van der Waals surface area contributed by atoms with Crippen molar-refractivity contribution in [1.82, 2.24) is 4.98 Å². The summed E-state index contributed by atoms with van der Waals surface area (Å²) in [7, 11) is 0. The number of aromatic nitrogens is 1. The molecule has 2 aromatic rings. The molecular weight excluding hydrogens is 361 g/mol. The first-order chi connectivity index (χ1) is 8.63. The largest absolute Gasteiger partial charge is 0.428 e. The third kappa shape index (κ3) is 2.73. The van der Waals surface area contributed by atoms with Gasteiger partial charge < -0.3 is 10.5 Å². The molecule has 0 aliphatic carbocycles. The van der Waals surface area contributed by atoms with E-state index in [9.17, 15) is 0 Å². The van der Waals surface area contributed by atoms with E-state index in [4.69, 9.17) is 15.7 Å². The Labute approximate surface area is 123 Å². The fourth-order valence-electron chi connectivity index (χ4n) is 1.37. The van der Waals surface area contributed by atoms with Gasteiger partial charge in [0.1, 0.15) is 0 Å². The van der Waals surface area contributed by atoms with Crippen molar-refractivity contribution in [1.29, 1.82) is 5.26 Å². The van der Waals surface area contributed by atoms with Crippen molar-refractivity contribution < 1.29 is 4.74 Å². The van der Waals surface area contributed by atoms with Gasteiger partial charge in [-0.25, -0.2) is 4.98 Å². The Kier molecular flexibility index (Phi) is 4.04. The van der Waals surface area contributed by atoms with Gasteiger partial charge in [0.25, 0.3) is 5.19 Å². The SMILES string of the molecule is CCc1csc(Oc2c(N)cc(C#N)cc2I)n1. The van der Waals surface area contributed by atoms with Gasteiger partial charge in [0.2, 0.25) is 0 Å². The monoisotopic (exact) mass is 371 g/mol. The van der Waals surface area contributed by atoms with Gasteiger partial charge in [-0.1, -0.05) is 18.3 Å². The lowest BCUT2D eigenvalue weighted by atomic mass is 10.2. The average Bonchev–Trinajstić information content (AvgIpc) is 2.81. The smallest absolute Gasteiger partial charge is 0.279 e.